The molecule has 0 N–H and O–H groups in total. The number of benzene rings is 2. The van der Waals surface area contributed by atoms with Crippen LogP contribution in [0.3, 0.4) is 0 Å². The molecule has 9 heteroatoms. The van der Waals surface area contributed by atoms with Crippen LogP contribution in [0.25, 0.3) is 16.9 Å². The second-order valence-corrected chi connectivity index (χ2v) is 9.23. The molecular formula is C23H22BrF2N3O2S. The Morgan fingerprint density at radius 2 is 1.75 bits per heavy atom. The number of alkyl halides is 2. The van der Waals surface area contributed by atoms with E-state index >= 15 is 0 Å². The molecule has 2 aromatic carbocycles. The van der Waals surface area contributed by atoms with Gasteiger partial charge in [-0.1, -0.05) is 39.8 Å². The van der Waals surface area contributed by atoms with Crippen LogP contribution in [-0.2, 0) is 4.79 Å². The summed E-state index contributed by atoms with van der Waals surface area (Å²) in [6.45, 7) is -1.26. The second-order valence-electron chi connectivity index (χ2n) is 7.37. The molecule has 32 heavy (non-hydrogen) atoms. The first kappa shape index (κ1) is 22.8. The summed E-state index contributed by atoms with van der Waals surface area (Å²) in [6, 6.07) is 14.2. The molecule has 1 aromatic heterocycles. The average molecular weight is 522 g/mol. The van der Waals surface area contributed by atoms with Gasteiger partial charge in [0.05, 0.1) is 17.6 Å². The van der Waals surface area contributed by atoms with Crippen LogP contribution < -0.4 is 4.74 Å². The van der Waals surface area contributed by atoms with Crippen molar-refractivity contribution in [1.29, 1.82) is 0 Å². The Balaban J connectivity index is 1.62. The van der Waals surface area contributed by atoms with E-state index in [1.165, 1.54) is 30.3 Å². The molecule has 5 nitrogen and oxygen atoms in total. The number of thioether (sulfide) groups is 1. The summed E-state index contributed by atoms with van der Waals surface area (Å²) in [5.41, 5.74) is 2.53. The first-order valence-electron chi connectivity index (χ1n) is 10.3. The van der Waals surface area contributed by atoms with Crippen LogP contribution in [0.5, 0.6) is 5.75 Å². The molecule has 2 heterocycles. The highest BCUT2D eigenvalue weighted by molar-refractivity contribution is 9.10. The van der Waals surface area contributed by atoms with Gasteiger partial charge >= 0.3 is 6.61 Å². The maximum atomic E-state index is 12.7. The molecule has 0 bridgehead atoms. The number of likely N-dealkylation sites (tertiary alicyclic amines) is 1. The van der Waals surface area contributed by atoms with Gasteiger partial charge < -0.3 is 9.64 Å². The molecule has 1 fully saturated rings. The van der Waals surface area contributed by atoms with Gasteiger partial charge in [-0.25, -0.2) is 4.98 Å². The zero-order chi connectivity index (χ0) is 22.5. The van der Waals surface area contributed by atoms with Gasteiger partial charge in [0.15, 0.2) is 5.16 Å². The Morgan fingerprint density at radius 3 is 2.41 bits per heavy atom. The Kier molecular flexibility index (Phi) is 7.47. The van der Waals surface area contributed by atoms with E-state index in [9.17, 15) is 13.6 Å². The van der Waals surface area contributed by atoms with Crippen molar-refractivity contribution in [2.24, 2.45) is 0 Å². The molecular weight excluding hydrogens is 500 g/mol. The number of amides is 1. The molecule has 0 saturated carbocycles. The van der Waals surface area contributed by atoms with Gasteiger partial charge in [0.2, 0.25) is 5.91 Å². The van der Waals surface area contributed by atoms with Crippen molar-refractivity contribution < 1.29 is 18.3 Å². The fourth-order valence-electron chi connectivity index (χ4n) is 3.65. The lowest BCUT2D eigenvalue weighted by Gasteiger charge is -2.26. The summed E-state index contributed by atoms with van der Waals surface area (Å²) in [5.74, 6) is 0.488. The Bertz CT molecular complexity index is 1050. The number of imidazole rings is 1. The first-order chi connectivity index (χ1) is 15.5. The van der Waals surface area contributed by atoms with Crippen molar-refractivity contribution in [2.75, 3.05) is 18.8 Å². The minimum atomic E-state index is -2.88. The fraction of sp³-hybridized carbons (Fsp3) is 0.304. The topological polar surface area (TPSA) is 47.4 Å². The quantitative estimate of drug-likeness (QED) is 0.357. The van der Waals surface area contributed by atoms with Crippen molar-refractivity contribution in [3.8, 4) is 22.7 Å². The van der Waals surface area contributed by atoms with Crippen LogP contribution in [0, 0.1) is 0 Å². The number of piperidine rings is 1. The first-order valence-corrected chi connectivity index (χ1v) is 12.1. The molecule has 0 unspecified atom stereocenters. The van der Waals surface area contributed by atoms with Gasteiger partial charge in [0.25, 0.3) is 0 Å². The fourth-order valence-corrected chi connectivity index (χ4v) is 4.81. The van der Waals surface area contributed by atoms with Gasteiger partial charge in [-0.05, 0) is 55.7 Å². The van der Waals surface area contributed by atoms with E-state index in [1.807, 2.05) is 33.7 Å². The number of carbonyl (C=O) groups excluding carboxylic acids is 1. The third-order valence-electron chi connectivity index (χ3n) is 5.22. The van der Waals surface area contributed by atoms with Crippen LogP contribution in [0.2, 0.25) is 0 Å². The van der Waals surface area contributed by atoms with Crippen LogP contribution >= 0.6 is 27.7 Å². The normalized spacial score (nSPS) is 14.1. The van der Waals surface area contributed by atoms with Gasteiger partial charge in [-0.15, -0.1) is 0 Å². The third kappa shape index (κ3) is 5.50. The lowest BCUT2D eigenvalue weighted by molar-refractivity contribution is -0.129. The number of ether oxygens (including phenoxy) is 1. The molecule has 3 aromatic rings. The number of halogens is 3. The van der Waals surface area contributed by atoms with Crippen LogP contribution in [0.4, 0.5) is 8.78 Å². The van der Waals surface area contributed by atoms with E-state index < -0.39 is 6.61 Å². The van der Waals surface area contributed by atoms with Crippen molar-refractivity contribution >= 4 is 33.6 Å². The van der Waals surface area contributed by atoms with Crippen LogP contribution in [-0.4, -0.2) is 45.8 Å². The highest BCUT2D eigenvalue weighted by Gasteiger charge is 2.20. The zero-order valence-corrected chi connectivity index (χ0v) is 19.6. The Morgan fingerprint density at radius 1 is 1.06 bits per heavy atom. The minimum Gasteiger partial charge on any atom is -0.435 e. The van der Waals surface area contributed by atoms with E-state index in [0.29, 0.717) is 10.9 Å². The van der Waals surface area contributed by atoms with Crippen molar-refractivity contribution in [3.63, 3.8) is 0 Å². The minimum absolute atomic E-state index is 0.0866. The van der Waals surface area contributed by atoms with E-state index in [4.69, 9.17) is 0 Å². The standard InChI is InChI=1S/C23H22BrF2N3O2S/c24-17-6-4-16(5-7-17)20-14-27-23(32-15-21(30)28-12-2-1-3-13-28)29(20)18-8-10-19(11-9-18)31-22(25)26/h4-11,14,22H,1-3,12-13,15H2. The molecule has 1 aliphatic rings. The summed E-state index contributed by atoms with van der Waals surface area (Å²) in [5, 5.41) is 0.663. The lowest BCUT2D eigenvalue weighted by atomic mass is 10.1. The number of nitrogens with zero attached hydrogens (tertiary/aromatic N) is 3. The van der Waals surface area contributed by atoms with E-state index in [-0.39, 0.29) is 11.7 Å². The smallest absolute Gasteiger partial charge is 0.387 e. The largest absolute Gasteiger partial charge is 0.435 e. The highest BCUT2D eigenvalue weighted by atomic mass is 79.9. The molecule has 0 atom stereocenters. The SMILES string of the molecule is O=C(CSc1ncc(-c2ccc(Br)cc2)n1-c1ccc(OC(F)F)cc1)N1CCCCC1. The van der Waals surface area contributed by atoms with Gasteiger partial charge in [0, 0.05) is 28.8 Å². The summed E-state index contributed by atoms with van der Waals surface area (Å²) >= 11 is 4.83. The van der Waals surface area contributed by atoms with E-state index in [2.05, 4.69) is 25.7 Å². The van der Waals surface area contributed by atoms with E-state index in [1.54, 1.807) is 18.3 Å². The second kappa shape index (κ2) is 10.5. The monoisotopic (exact) mass is 521 g/mol. The third-order valence-corrected chi connectivity index (χ3v) is 6.69. The molecule has 0 radical (unpaired) electrons. The summed E-state index contributed by atoms with van der Waals surface area (Å²) in [7, 11) is 0. The van der Waals surface area contributed by atoms with Crippen molar-refractivity contribution in [2.45, 2.75) is 31.0 Å². The Hall–Kier alpha value is -2.39. The zero-order valence-electron chi connectivity index (χ0n) is 17.2. The predicted octanol–water partition coefficient (Wildman–Crippen LogP) is 6.01. The maximum Gasteiger partial charge on any atom is 0.387 e. The highest BCUT2D eigenvalue weighted by Crippen LogP contribution is 2.31. The molecule has 1 saturated heterocycles. The molecule has 1 aliphatic heterocycles. The van der Waals surface area contributed by atoms with Gasteiger partial charge in [-0.3, -0.25) is 9.36 Å². The summed E-state index contributed by atoms with van der Waals surface area (Å²) < 4.78 is 32.4. The average Bonchev–Trinajstić information content (AvgIpc) is 3.22. The molecule has 168 valence electrons. The van der Waals surface area contributed by atoms with Crippen molar-refractivity contribution in [1.82, 2.24) is 14.5 Å². The predicted molar refractivity (Wildman–Crippen MR) is 124 cm³/mol. The summed E-state index contributed by atoms with van der Waals surface area (Å²) in [4.78, 5) is 19.1. The Labute approximate surface area is 197 Å². The van der Waals surface area contributed by atoms with E-state index in [0.717, 1.165) is 47.3 Å². The number of hydrogen-bond acceptors (Lipinski definition) is 4. The van der Waals surface area contributed by atoms with Crippen molar-refractivity contribution in [3.05, 3.63) is 59.2 Å². The number of rotatable bonds is 7. The summed E-state index contributed by atoms with van der Waals surface area (Å²) in [6.07, 6.45) is 5.03. The molecule has 0 spiro atoms. The molecule has 0 aliphatic carbocycles. The molecule has 4 rings (SSSR count). The van der Waals surface area contributed by atoms with Gasteiger partial charge in [-0.2, -0.15) is 8.78 Å². The number of aromatic nitrogens is 2. The van der Waals surface area contributed by atoms with Crippen LogP contribution in [0.15, 0.2) is 64.4 Å². The van der Waals surface area contributed by atoms with Gasteiger partial charge in [0.1, 0.15) is 5.75 Å². The number of hydrogen-bond donors (Lipinski definition) is 0. The molecule has 1 amide bonds. The number of carbonyl (C=O) groups is 1. The van der Waals surface area contributed by atoms with Crippen LogP contribution in [0.1, 0.15) is 19.3 Å². The maximum absolute atomic E-state index is 12.7. The lowest BCUT2D eigenvalue weighted by Crippen LogP contribution is -2.36.